The number of ether oxygens (including phenoxy) is 1. The average molecular weight is 336 g/mol. The molecule has 0 saturated carbocycles. The van der Waals surface area contributed by atoms with Crippen LogP contribution in [-0.2, 0) is 9.53 Å². The molecule has 0 spiro atoms. The number of amides is 1. The van der Waals surface area contributed by atoms with Crippen molar-refractivity contribution in [1.82, 2.24) is 4.90 Å². The maximum atomic E-state index is 12.2. The minimum atomic E-state index is -0.607. The number of aliphatic hydroxyl groups excluding tert-OH is 1. The first-order valence-electron chi connectivity index (χ1n) is 8.17. The van der Waals surface area contributed by atoms with Crippen LogP contribution < -0.4 is 0 Å². The predicted molar refractivity (Wildman–Crippen MR) is 93.6 cm³/mol. The van der Waals surface area contributed by atoms with Crippen molar-refractivity contribution in [2.45, 2.75) is 18.0 Å². The fourth-order valence-corrected chi connectivity index (χ4v) is 3.59. The van der Waals surface area contributed by atoms with Crippen molar-refractivity contribution in [1.29, 1.82) is 5.26 Å². The van der Waals surface area contributed by atoms with Crippen LogP contribution in [0.4, 0.5) is 0 Å². The number of hydrogen-bond donors (Lipinski definition) is 1. The van der Waals surface area contributed by atoms with E-state index < -0.39 is 12.1 Å². The molecule has 0 radical (unpaired) electrons. The van der Waals surface area contributed by atoms with E-state index in [1.165, 1.54) is 12.0 Å². The van der Waals surface area contributed by atoms with Gasteiger partial charge in [-0.25, -0.2) is 0 Å². The summed E-state index contributed by atoms with van der Waals surface area (Å²) in [5.74, 6) is -0.506. The van der Waals surface area contributed by atoms with Gasteiger partial charge in [0.2, 0.25) is 5.91 Å². The molecule has 1 aliphatic heterocycles. The molecule has 3 atom stereocenters. The van der Waals surface area contributed by atoms with Gasteiger partial charge in [-0.05, 0) is 16.7 Å². The maximum Gasteiger partial charge on any atom is 0.249 e. The van der Waals surface area contributed by atoms with Gasteiger partial charge in [0.15, 0.2) is 0 Å². The van der Waals surface area contributed by atoms with E-state index in [2.05, 4.69) is 6.07 Å². The number of rotatable bonds is 5. The van der Waals surface area contributed by atoms with E-state index >= 15 is 0 Å². The molecule has 3 rings (SSSR count). The SMILES string of the molecule is COCC(=O)N1[C@@H](C#N)[C@@H](c2ccccc2-c2ccccc2)[C@@H]1CO. The zero-order valence-corrected chi connectivity index (χ0v) is 14.0. The largest absolute Gasteiger partial charge is 0.394 e. The second kappa shape index (κ2) is 7.47. The van der Waals surface area contributed by atoms with Crippen molar-refractivity contribution in [3.8, 4) is 17.2 Å². The van der Waals surface area contributed by atoms with Gasteiger partial charge < -0.3 is 14.7 Å². The summed E-state index contributed by atoms with van der Waals surface area (Å²) >= 11 is 0. The Hall–Kier alpha value is -2.68. The quantitative estimate of drug-likeness (QED) is 0.908. The Kier molecular flexibility index (Phi) is 5.13. The molecule has 0 aliphatic carbocycles. The number of nitrogens with zero attached hydrogens (tertiary/aromatic N) is 2. The standard InChI is InChI=1S/C20H20N2O3/c1-25-13-19(24)22-17(11-21)20(18(22)12-23)16-10-6-5-9-15(16)14-7-3-2-4-8-14/h2-10,17-18,20,23H,12-13H2,1H3/t17-,18-,20+/m0/s1. The molecular weight excluding hydrogens is 316 g/mol. The van der Waals surface area contributed by atoms with Gasteiger partial charge in [0.1, 0.15) is 12.6 Å². The summed E-state index contributed by atoms with van der Waals surface area (Å²) in [4.78, 5) is 13.7. The molecular formula is C20H20N2O3. The van der Waals surface area contributed by atoms with Crippen LogP contribution in [0.15, 0.2) is 54.6 Å². The third-order valence-electron chi connectivity index (χ3n) is 4.69. The van der Waals surface area contributed by atoms with Gasteiger partial charge in [0.25, 0.3) is 0 Å². The number of carbonyl (C=O) groups is 1. The molecule has 1 saturated heterocycles. The van der Waals surface area contributed by atoms with Crippen LogP contribution in [0.2, 0.25) is 0 Å². The Morgan fingerprint density at radius 2 is 1.88 bits per heavy atom. The van der Waals surface area contributed by atoms with Crippen LogP contribution in [0.3, 0.4) is 0 Å². The van der Waals surface area contributed by atoms with E-state index in [9.17, 15) is 15.2 Å². The van der Waals surface area contributed by atoms with Crippen LogP contribution in [0.25, 0.3) is 11.1 Å². The molecule has 128 valence electrons. The van der Waals surface area contributed by atoms with Crippen LogP contribution >= 0.6 is 0 Å². The monoisotopic (exact) mass is 336 g/mol. The van der Waals surface area contributed by atoms with Crippen molar-refractivity contribution >= 4 is 5.91 Å². The number of carbonyl (C=O) groups excluding carboxylic acids is 1. The number of aliphatic hydroxyl groups is 1. The number of methoxy groups -OCH3 is 1. The van der Waals surface area contributed by atoms with E-state index in [1.54, 1.807) is 0 Å². The van der Waals surface area contributed by atoms with Crippen molar-refractivity contribution in [3.05, 3.63) is 60.2 Å². The minimum Gasteiger partial charge on any atom is -0.394 e. The van der Waals surface area contributed by atoms with E-state index in [1.807, 2.05) is 54.6 Å². The highest BCUT2D eigenvalue weighted by molar-refractivity contribution is 5.81. The number of benzene rings is 2. The molecule has 0 aromatic heterocycles. The van der Waals surface area contributed by atoms with E-state index in [-0.39, 0.29) is 25.0 Å². The van der Waals surface area contributed by atoms with Crippen LogP contribution in [0, 0.1) is 11.3 Å². The predicted octanol–water partition coefficient (Wildman–Crippen LogP) is 2.18. The smallest absolute Gasteiger partial charge is 0.249 e. The Balaban J connectivity index is 2.00. The van der Waals surface area contributed by atoms with Gasteiger partial charge in [0, 0.05) is 13.0 Å². The summed E-state index contributed by atoms with van der Waals surface area (Å²) in [5, 5.41) is 19.4. The van der Waals surface area contributed by atoms with E-state index in [4.69, 9.17) is 4.74 Å². The summed E-state index contributed by atoms with van der Waals surface area (Å²) in [7, 11) is 1.44. The first kappa shape index (κ1) is 17.2. The van der Waals surface area contributed by atoms with Gasteiger partial charge >= 0.3 is 0 Å². The second-order valence-electron chi connectivity index (χ2n) is 6.04. The lowest BCUT2D eigenvalue weighted by atomic mass is 9.73. The molecule has 1 amide bonds. The molecule has 2 aromatic carbocycles. The Morgan fingerprint density at radius 3 is 2.52 bits per heavy atom. The molecule has 1 heterocycles. The summed E-state index contributed by atoms with van der Waals surface area (Å²) in [6.07, 6.45) is 0. The van der Waals surface area contributed by atoms with Crippen molar-refractivity contribution in [2.75, 3.05) is 20.3 Å². The van der Waals surface area contributed by atoms with Gasteiger partial charge in [-0.1, -0.05) is 54.6 Å². The summed E-state index contributed by atoms with van der Waals surface area (Å²) in [6, 6.07) is 19.0. The fourth-order valence-electron chi connectivity index (χ4n) is 3.59. The number of hydrogen-bond acceptors (Lipinski definition) is 4. The van der Waals surface area contributed by atoms with Crippen molar-refractivity contribution in [2.24, 2.45) is 0 Å². The summed E-state index contributed by atoms with van der Waals surface area (Å²) < 4.78 is 4.90. The van der Waals surface area contributed by atoms with Crippen LogP contribution in [0.5, 0.6) is 0 Å². The Morgan fingerprint density at radius 1 is 1.20 bits per heavy atom. The molecule has 0 unspecified atom stereocenters. The molecule has 1 fully saturated rings. The van der Waals surface area contributed by atoms with E-state index in [0.29, 0.717) is 0 Å². The number of likely N-dealkylation sites (tertiary alicyclic amines) is 1. The molecule has 5 heteroatoms. The highest BCUT2D eigenvalue weighted by Crippen LogP contribution is 2.43. The Labute approximate surface area is 147 Å². The first-order chi connectivity index (χ1) is 12.2. The van der Waals surface area contributed by atoms with Crippen LogP contribution in [0.1, 0.15) is 11.5 Å². The lowest BCUT2D eigenvalue weighted by molar-refractivity contribution is -0.150. The van der Waals surface area contributed by atoms with E-state index in [0.717, 1.165) is 16.7 Å². The van der Waals surface area contributed by atoms with Crippen molar-refractivity contribution in [3.63, 3.8) is 0 Å². The highest BCUT2D eigenvalue weighted by Gasteiger charge is 2.52. The zero-order valence-electron chi connectivity index (χ0n) is 14.0. The first-order valence-corrected chi connectivity index (χ1v) is 8.17. The molecule has 0 bridgehead atoms. The lowest BCUT2D eigenvalue weighted by Crippen LogP contribution is -2.66. The molecule has 25 heavy (non-hydrogen) atoms. The second-order valence-corrected chi connectivity index (χ2v) is 6.04. The maximum absolute atomic E-state index is 12.2. The van der Waals surface area contributed by atoms with Gasteiger partial charge in [-0.15, -0.1) is 0 Å². The minimum absolute atomic E-state index is 0.0955. The average Bonchev–Trinajstić information content (AvgIpc) is 2.63. The highest BCUT2D eigenvalue weighted by atomic mass is 16.5. The lowest BCUT2D eigenvalue weighted by Gasteiger charge is -2.52. The summed E-state index contributed by atoms with van der Waals surface area (Å²) in [5.41, 5.74) is 3.04. The molecule has 2 aromatic rings. The third kappa shape index (κ3) is 3.02. The zero-order chi connectivity index (χ0) is 17.8. The van der Waals surface area contributed by atoms with Gasteiger partial charge in [-0.2, -0.15) is 5.26 Å². The Bertz CT molecular complexity index is 785. The van der Waals surface area contributed by atoms with Crippen molar-refractivity contribution < 1.29 is 14.6 Å². The topological polar surface area (TPSA) is 73.6 Å². The molecule has 5 nitrogen and oxygen atoms in total. The third-order valence-corrected chi connectivity index (χ3v) is 4.69. The summed E-state index contributed by atoms with van der Waals surface area (Å²) in [6.45, 7) is -0.289. The fraction of sp³-hybridized carbons (Fsp3) is 0.300. The van der Waals surface area contributed by atoms with Gasteiger partial charge in [-0.3, -0.25) is 4.79 Å². The molecule has 1 N–H and O–H groups in total. The molecule has 1 aliphatic rings. The normalized spacial score (nSPS) is 22.1. The van der Waals surface area contributed by atoms with Gasteiger partial charge in [0.05, 0.1) is 18.7 Å². The number of nitriles is 1. The van der Waals surface area contributed by atoms with Crippen LogP contribution in [-0.4, -0.2) is 48.3 Å².